The van der Waals surface area contributed by atoms with Gasteiger partial charge in [0, 0.05) is 43.7 Å². The normalized spacial score (nSPS) is 17.8. The summed E-state index contributed by atoms with van der Waals surface area (Å²) in [7, 11) is 0. The molecular weight excluding hydrogens is 402 g/mol. The smallest absolute Gasteiger partial charge is 0.228 e. The van der Waals surface area contributed by atoms with Gasteiger partial charge in [0.05, 0.1) is 22.6 Å². The number of nitrogens with zero attached hydrogens (tertiary/aromatic N) is 2. The van der Waals surface area contributed by atoms with Gasteiger partial charge < -0.3 is 10.1 Å². The molecule has 2 aliphatic heterocycles. The molecule has 0 bridgehead atoms. The molecule has 32 heavy (non-hydrogen) atoms. The third kappa shape index (κ3) is 3.83. The Labute approximate surface area is 186 Å². The molecule has 162 valence electrons. The second-order valence-corrected chi connectivity index (χ2v) is 8.22. The first-order valence-electron chi connectivity index (χ1n) is 11.0. The van der Waals surface area contributed by atoms with E-state index < -0.39 is 0 Å². The summed E-state index contributed by atoms with van der Waals surface area (Å²) in [4.78, 5) is 31.7. The average molecular weight is 428 g/mol. The minimum absolute atomic E-state index is 0.160. The number of hydrogen-bond donors (Lipinski definition) is 1. The Morgan fingerprint density at radius 2 is 1.91 bits per heavy atom. The topological polar surface area (TPSA) is 71.5 Å². The summed E-state index contributed by atoms with van der Waals surface area (Å²) in [6.45, 7) is 3.75. The van der Waals surface area contributed by atoms with E-state index in [9.17, 15) is 9.59 Å². The van der Waals surface area contributed by atoms with Gasteiger partial charge in [-0.15, -0.1) is 0 Å². The van der Waals surface area contributed by atoms with Crippen LogP contribution in [0.15, 0.2) is 60.3 Å². The van der Waals surface area contributed by atoms with Gasteiger partial charge in [0.2, 0.25) is 11.7 Å². The van der Waals surface area contributed by atoms with Crippen molar-refractivity contribution < 1.29 is 14.3 Å². The number of ketones is 1. The molecule has 0 unspecified atom stereocenters. The van der Waals surface area contributed by atoms with Gasteiger partial charge in [-0.3, -0.25) is 14.5 Å². The quantitative estimate of drug-likeness (QED) is 0.635. The molecule has 3 heterocycles. The van der Waals surface area contributed by atoms with E-state index in [0.717, 1.165) is 42.5 Å². The third-order valence-electron chi connectivity index (χ3n) is 6.09. The molecule has 6 heteroatoms. The van der Waals surface area contributed by atoms with Crippen molar-refractivity contribution in [2.45, 2.75) is 32.4 Å². The highest BCUT2D eigenvalue weighted by atomic mass is 16.5. The van der Waals surface area contributed by atoms with Crippen LogP contribution in [0.25, 0.3) is 17.0 Å². The molecule has 0 atom stereocenters. The highest BCUT2D eigenvalue weighted by Crippen LogP contribution is 2.35. The van der Waals surface area contributed by atoms with Crippen LogP contribution in [0, 0.1) is 0 Å². The van der Waals surface area contributed by atoms with Crippen LogP contribution in [-0.4, -0.2) is 35.9 Å². The number of pyridine rings is 1. The fourth-order valence-electron chi connectivity index (χ4n) is 4.49. The summed E-state index contributed by atoms with van der Waals surface area (Å²) in [5.74, 6) is -0.357. The van der Waals surface area contributed by atoms with E-state index in [-0.39, 0.29) is 11.7 Å². The molecule has 1 fully saturated rings. The summed E-state index contributed by atoms with van der Waals surface area (Å²) < 4.78 is 5.46. The lowest BCUT2D eigenvalue weighted by Gasteiger charge is -2.23. The Morgan fingerprint density at radius 3 is 2.72 bits per heavy atom. The molecule has 1 amide bonds. The van der Waals surface area contributed by atoms with Crippen LogP contribution < -0.4 is 10.2 Å². The van der Waals surface area contributed by atoms with Crippen molar-refractivity contribution in [1.29, 1.82) is 0 Å². The van der Waals surface area contributed by atoms with Gasteiger partial charge >= 0.3 is 0 Å². The van der Waals surface area contributed by atoms with Crippen LogP contribution in [-0.2, 0) is 16.1 Å². The number of anilines is 1. The molecule has 2 aromatic carbocycles. The summed E-state index contributed by atoms with van der Waals surface area (Å²) in [6, 6.07) is 17.6. The minimum Gasteiger partial charge on any atom is -0.381 e. The molecule has 1 saturated heterocycles. The van der Waals surface area contributed by atoms with E-state index in [4.69, 9.17) is 9.72 Å². The van der Waals surface area contributed by atoms with Gasteiger partial charge in [-0.1, -0.05) is 30.3 Å². The molecule has 3 aromatic rings. The van der Waals surface area contributed by atoms with Crippen molar-refractivity contribution in [2.24, 2.45) is 0 Å². The molecule has 0 radical (unpaired) electrons. The Bertz CT molecular complexity index is 1230. The average Bonchev–Trinajstić information content (AvgIpc) is 3.10. The molecule has 1 N–H and O–H groups in total. The fourth-order valence-corrected chi connectivity index (χ4v) is 4.49. The summed E-state index contributed by atoms with van der Waals surface area (Å²) in [5.41, 5.74) is 4.14. The fraction of sp³-hybridized carbons (Fsp3) is 0.269. The number of hydrogen-bond acceptors (Lipinski definition) is 5. The van der Waals surface area contributed by atoms with Crippen molar-refractivity contribution in [3.05, 3.63) is 77.1 Å². The van der Waals surface area contributed by atoms with Gasteiger partial charge in [0.25, 0.3) is 0 Å². The van der Waals surface area contributed by atoms with Crippen LogP contribution >= 0.6 is 0 Å². The maximum Gasteiger partial charge on any atom is 0.228 e. The standard InChI is InChI=1S/C26H25N3O3/c1-17(30)29-24-9-5-3-7-22(24)26(31)25(29)15-20-14-18(16-27-19-10-12-32-13-11-19)21-6-2-4-8-23(21)28-20/h2-9,14-15,19,27H,10-13,16H2,1H3/b25-15-. The summed E-state index contributed by atoms with van der Waals surface area (Å²) in [6.07, 6.45) is 3.73. The molecule has 1 aromatic heterocycles. The van der Waals surface area contributed by atoms with Crippen molar-refractivity contribution in [1.82, 2.24) is 10.3 Å². The Hall–Kier alpha value is -3.35. The first-order valence-corrected chi connectivity index (χ1v) is 11.0. The van der Waals surface area contributed by atoms with Crippen LogP contribution in [0.5, 0.6) is 0 Å². The predicted molar refractivity (Wildman–Crippen MR) is 124 cm³/mol. The second-order valence-electron chi connectivity index (χ2n) is 8.22. The van der Waals surface area contributed by atoms with Crippen LogP contribution in [0.2, 0.25) is 0 Å². The number of Topliss-reactive ketones (excluding diaryl/α,β-unsaturated/α-hetero) is 1. The first kappa shape index (κ1) is 20.5. The van der Waals surface area contributed by atoms with E-state index in [1.807, 2.05) is 36.4 Å². The Morgan fingerprint density at radius 1 is 1.16 bits per heavy atom. The van der Waals surface area contributed by atoms with E-state index in [1.54, 1.807) is 18.2 Å². The van der Waals surface area contributed by atoms with Crippen molar-refractivity contribution >= 4 is 34.4 Å². The first-order chi connectivity index (χ1) is 15.6. The molecule has 6 nitrogen and oxygen atoms in total. The lowest BCUT2D eigenvalue weighted by Crippen LogP contribution is -2.34. The van der Waals surface area contributed by atoms with Crippen LogP contribution in [0.3, 0.4) is 0 Å². The number of nitrogens with one attached hydrogen (secondary N) is 1. The van der Waals surface area contributed by atoms with E-state index in [2.05, 4.69) is 11.4 Å². The third-order valence-corrected chi connectivity index (χ3v) is 6.09. The van der Waals surface area contributed by atoms with Gasteiger partial charge in [-0.2, -0.15) is 0 Å². The highest BCUT2D eigenvalue weighted by Gasteiger charge is 2.34. The lowest BCUT2D eigenvalue weighted by atomic mass is 10.0. The number of fused-ring (bicyclic) bond motifs is 2. The molecule has 0 aliphatic carbocycles. The Kier molecular flexibility index (Phi) is 5.55. The molecule has 5 rings (SSSR count). The van der Waals surface area contributed by atoms with E-state index >= 15 is 0 Å². The monoisotopic (exact) mass is 427 g/mol. The molecule has 2 aliphatic rings. The van der Waals surface area contributed by atoms with E-state index in [0.29, 0.717) is 35.2 Å². The predicted octanol–water partition coefficient (Wildman–Crippen LogP) is 4.09. The maximum absolute atomic E-state index is 13.1. The second kappa shape index (κ2) is 8.65. The summed E-state index contributed by atoms with van der Waals surface area (Å²) in [5, 5.41) is 4.72. The van der Waals surface area contributed by atoms with Gasteiger partial charge in [0.15, 0.2) is 0 Å². The zero-order chi connectivity index (χ0) is 22.1. The number of para-hydroxylation sites is 2. The van der Waals surface area contributed by atoms with Crippen molar-refractivity contribution in [3.8, 4) is 0 Å². The SMILES string of the molecule is CC(=O)N1/C(=C\c2cc(CNC3CCOCC3)c3ccccc3n2)C(=O)c2ccccc21. The van der Waals surface area contributed by atoms with Gasteiger partial charge in [-0.05, 0) is 48.7 Å². The molecular formula is C26H25N3O3. The highest BCUT2D eigenvalue weighted by molar-refractivity contribution is 6.26. The van der Waals surface area contributed by atoms with Gasteiger partial charge in [-0.25, -0.2) is 4.98 Å². The zero-order valence-corrected chi connectivity index (χ0v) is 18.0. The number of rotatable bonds is 4. The zero-order valence-electron chi connectivity index (χ0n) is 18.0. The number of benzene rings is 2. The van der Waals surface area contributed by atoms with Gasteiger partial charge in [0.1, 0.15) is 0 Å². The molecule has 0 spiro atoms. The molecule has 0 saturated carbocycles. The number of ether oxygens (including phenoxy) is 1. The van der Waals surface area contributed by atoms with E-state index in [1.165, 1.54) is 11.8 Å². The number of amides is 1. The van der Waals surface area contributed by atoms with Crippen LogP contribution in [0.4, 0.5) is 5.69 Å². The maximum atomic E-state index is 13.1. The number of carbonyl (C=O) groups excluding carboxylic acids is 2. The number of carbonyl (C=O) groups is 2. The van der Waals surface area contributed by atoms with Crippen molar-refractivity contribution in [2.75, 3.05) is 18.1 Å². The van der Waals surface area contributed by atoms with Crippen LogP contribution in [0.1, 0.15) is 41.4 Å². The van der Waals surface area contributed by atoms with Crippen molar-refractivity contribution in [3.63, 3.8) is 0 Å². The summed E-state index contributed by atoms with van der Waals surface area (Å²) >= 11 is 0. The minimum atomic E-state index is -0.197. The lowest BCUT2D eigenvalue weighted by molar-refractivity contribution is -0.116. The number of aromatic nitrogens is 1. The number of allylic oxidation sites excluding steroid dienone is 1. The largest absolute Gasteiger partial charge is 0.381 e. The Balaban J connectivity index is 1.53.